The van der Waals surface area contributed by atoms with E-state index >= 15 is 0 Å². The predicted octanol–water partition coefficient (Wildman–Crippen LogP) is 6.59. The van der Waals surface area contributed by atoms with Crippen LogP contribution in [0.2, 0.25) is 0 Å². The molecule has 224 valence electrons. The van der Waals surface area contributed by atoms with E-state index in [2.05, 4.69) is 21.2 Å². The summed E-state index contributed by atoms with van der Waals surface area (Å²) in [5, 5.41) is 3.41. The summed E-state index contributed by atoms with van der Waals surface area (Å²) in [6.45, 7) is 1.95. The molecule has 0 bridgehead atoms. The van der Waals surface area contributed by atoms with E-state index in [4.69, 9.17) is 23.7 Å². The zero-order valence-corrected chi connectivity index (χ0v) is 26.4. The van der Waals surface area contributed by atoms with E-state index in [1.165, 1.54) is 0 Å². The fourth-order valence-corrected chi connectivity index (χ4v) is 6.41. The molecule has 1 aliphatic heterocycles. The van der Waals surface area contributed by atoms with Gasteiger partial charge >= 0.3 is 5.97 Å². The van der Waals surface area contributed by atoms with Crippen molar-refractivity contribution in [2.45, 2.75) is 38.2 Å². The van der Waals surface area contributed by atoms with Gasteiger partial charge in [-0.15, -0.1) is 0 Å². The van der Waals surface area contributed by atoms with Crippen molar-refractivity contribution in [3.05, 3.63) is 104 Å². The summed E-state index contributed by atoms with van der Waals surface area (Å²) in [7, 11) is 6.30. The third-order valence-electron chi connectivity index (χ3n) is 7.95. The Morgan fingerprint density at radius 2 is 1.51 bits per heavy atom. The van der Waals surface area contributed by atoms with Crippen LogP contribution in [0, 0.1) is 0 Å². The lowest BCUT2D eigenvalue weighted by molar-refractivity contribution is -0.140. The molecule has 0 aromatic heterocycles. The Balaban J connectivity index is 1.58. The minimum atomic E-state index is -0.687. The second kappa shape index (κ2) is 13.0. The van der Waals surface area contributed by atoms with Crippen LogP contribution in [0.15, 0.2) is 87.7 Å². The fraction of sp³-hybridized carbons (Fsp3) is 0.294. The van der Waals surface area contributed by atoms with Gasteiger partial charge in [0.2, 0.25) is 0 Å². The molecule has 1 aliphatic carbocycles. The molecule has 2 atom stereocenters. The summed E-state index contributed by atoms with van der Waals surface area (Å²) in [5.74, 6) is 0.916. The highest BCUT2D eigenvalue weighted by Crippen LogP contribution is 2.49. The molecule has 0 spiro atoms. The van der Waals surface area contributed by atoms with Crippen molar-refractivity contribution in [3.8, 4) is 23.0 Å². The summed E-state index contributed by atoms with van der Waals surface area (Å²) < 4.78 is 28.5. The Hall–Kier alpha value is -4.24. The van der Waals surface area contributed by atoms with Crippen molar-refractivity contribution in [1.29, 1.82) is 0 Å². The number of hydrogen-bond acceptors (Lipinski definition) is 8. The third-order valence-corrected chi connectivity index (χ3v) is 8.64. The van der Waals surface area contributed by atoms with Crippen molar-refractivity contribution < 1.29 is 33.3 Å². The van der Waals surface area contributed by atoms with Gasteiger partial charge in [0.1, 0.15) is 6.61 Å². The van der Waals surface area contributed by atoms with Crippen LogP contribution in [0.1, 0.15) is 48.3 Å². The summed E-state index contributed by atoms with van der Waals surface area (Å²) in [6, 6.07) is 18.8. The first-order valence-corrected chi connectivity index (χ1v) is 14.7. The lowest BCUT2D eigenvalue weighted by atomic mass is 9.71. The number of benzene rings is 3. The minimum absolute atomic E-state index is 0.0546. The first-order valence-electron chi connectivity index (χ1n) is 13.9. The van der Waals surface area contributed by atoms with E-state index in [-0.39, 0.29) is 24.7 Å². The molecular weight excluding hydrogens is 614 g/mol. The van der Waals surface area contributed by atoms with Crippen molar-refractivity contribution in [3.63, 3.8) is 0 Å². The summed E-state index contributed by atoms with van der Waals surface area (Å²) in [5.41, 5.74) is 4.87. The number of dihydropyridines is 1. The van der Waals surface area contributed by atoms with Gasteiger partial charge in [-0.05, 0) is 60.2 Å². The Kier molecular flexibility index (Phi) is 9.11. The second-order valence-electron chi connectivity index (χ2n) is 10.4. The van der Waals surface area contributed by atoms with Crippen molar-refractivity contribution in [2.24, 2.45) is 0 Å². The number of Topliss-reactive ketones (excluding diaryl/α,β-unsaturated/α-hetero) is 1. The van der Waals surface area contributed by atoms with E-state index in [1.807, 2.05) is 61.5 Å². The number of esters is 1. The number of hydrogen-bond donors (Lipinski definition) is 1. The maximum atomic E-state index is 14.1. The van der Waals surface area contributed by atoms with Crippen LogP contribution in [0.4, 0.5) is 0 Å². The second-order valence-corrected chi connectivity index (χ2v) is 11.3. The number of carbonyl (C=O) groups is 2. The smallest absolute Gasteiger partial charge is 0.337 e. The number of rotatable bonds is 9. The first kappa shape index (κ1) is 30.2. The molecule has 9 heteroatoms. The van der Waals surface area contributed by atoms with Crippen molar-refractivity contribution >= 4 is 27.7 Å². The molecule has 0 saturated carbocycles. The number of allylic oxidation sites excluding steroid dienone is 3. The summed E-state index contributed by atoms with van der Waals surface area (Å²) >= 11 is 3.68. The third kappa shape index (κ3) is 5.99. The summed E-state index contributed by atoms with van der Waals surface area (Å²) in [4.78, 5) is 27.9. The number of halogens is 1. The van der Waals surface area contributed by atoms with Crippen LogP contribution in [0.5, 0.6) is 23.0 Å². The standard InChI is InChI=1S/C34H34BrNO7/c1-19-31(34(38)43-18-20-9-7-6-8-10-20)32(23-16-29(41-4)30(42-5)17-24(23)35)33-25(36-19)13-22(14-26(33)37)21-11-12-27(39-2)28(15-21)40-3/h6-12,15-17,22,32,36H,13-14,18H2,1-5H3/t22-,32+/m1/s1. The van der Waals surface area contributed by atoms with Gasteiger partial charge < -0.3 is 29.0 Å². The first-order chi connectivity index (χ1) is 20.8. The normalized spacial score (nSPS) is 18.0. The molecule has 5 rings (SSSR count). The van der Waals surface area contributed by atoms with E-state index < -0.39 is 11.9 Å². The number of nitrogens with one attached hydrogen (secondary N) is 1. The molecule has 43 heavy (non-hydrogen) atoms. The zero-order valence-electron chi connectivity index (χ0n) is 24.8. The summed E-state index contributed by atoms with van der Waals surface area (Å²) in [6.07, 6.45) is 0.838. The predicted molar refractivity (Wildman–Crippen MR) is 166 cm³/mol. The van der Waals surface area contributed by atoms with Gasteiger partial charge in [-0.2, -0.15) is 0 Å². The topological polar surface area (TPSA) is 92.3 Å². The number of ether oxygens (including phenoxy) is 5. The molecule has 1 N–H and O–H groups in total. The number of methoxy groups -OCH3 is 4. The highest BCUT2D eigenvalue weighted by Gasteiger charge is 2.42. The monoisotopic (exact) mass is 647 g/mol. The largest absolute Gasteiger partial charge is 0.493 e. The van der Waals surface area contributed by atoms with Crippen LogP contribution in [0.25, 0.3) is 0 Å². The lowest BCUT2D eigenvalue weighted by Crippen LogP contribution is -2.36. The maximum absolute atomic E-state index is 14.1. The molecule has 8 nitrogen and oxygen atoms in total. The van der Waals surface area contributed by atoms with Gasteiger partial charge in [0.15, 0.2) is 28.8 Å². The molecule has 0 radical (unpaired) electrons. The van der Waals surface area contributed by atoms with E-state index in [9.17, 15) is 9.59 Å². The van der Waals surface area contributed by atoms with E-state index in [0.29, 0.717) is 56.3 Å². The van der Waals surface area contributed by atoms with Crippen LogP contribution < -0.4 is 24.3 Å². The quantitative estimate of drug-likeness (QED) is 0.260. The van der Waals surface area contributed by atoms with Crippen LogP contribution in [-0.2, 0) is 20.9 Å². The molecule has 3 aromatic rings. The van der Waals surface area contributed by atoms with Crippen LogP contribution in [0.3, 0.4) is 0 Å². The maximum Gasteiger partial charge on any atom is 0.337 e. The number of carbonyl (C=O) groups excluding carboxylic acids is 2. The van der Waals surface area contributed by atoms with E-state index in [0.717, 1.165) is 16.8 Å². The fourth-order valence-electron chi connectivity index (χ4n) is 5.86. The van der Waals surface area contributed by atoms with Gasteiger partial charge in [0.25, 0.3) is 0 Å². The molecule has 3 aromatic carbocycles. The van der Waals surface area contributed by atoms with Crippen LogP contribution in [-0.4, -0.2) is 40.2 Å². The molecule has 0 fully saturated rings. The van der Waals surface area contributed by atoms with Gasteiger partial charge in [-0.25, -0.2) is 4.79 Å². The highest BCUT2D eigenvalue weighted by atomic mass is 79.9. The average molecular weight is 649 g/mol. The van der Waals surface area contributed by atoms with Gasteiger partial charge in [-0.3, -0.25) is 4.79 Å². The van der Waals surface area contributed by atoms with Gasteiger partial charge in [-0.1, -0.05) is 52.3 Å². The minimum Gasteiger partial charge on any atom is -0.493 e. The van der Waals surface area contributed by atoms with Crippen LogP contribution >= 0.6 is 15.9 Å². The van der Waals surface area contributed by atoms with Gasteiger partial charge in [0.05, 0.1) is 34.0 Å². The average Bonchev–Trinajstić information content (AvgIpc) is 3.02. The van der Waals surface area contributed by atoms with Crippen molar-refractivity contribution in [2.75, 3.05) is 28.4 Å². The molecule has 0 saturated heterocycles. The lowest BCUT2D eigenvalue weighted by Gasteiger charge is -2.37. The molecule has 0 amide bonds. The Labute approximate surface area is 259 Å². The Bertz CT molecular complexity index is 1610. The molecule has 2 aliphatic rings. The molecular formula is C34H34BrNO7. The molecule has 1 heterocycles. The van der Waals surface area contributed by atoms with Gasteiger partial charge in [0, 0.05) is 33.8 Å². The SMILES string of the molecule is COc1ccc([C@H]2CC(=O)C3=C(C2)NC(C)=C(C(=O)OCc2ccccc2)[C@@H]3c2cc(OC)c(OC)cc2Br)cc1OC. The number of ketones is 1. The zero-order chi connectivity index (χ0) is 30.7. The molecule has 0 unspecified atom stereocenters. The van der Waals surface area contributed by atoms with E-state index in [1.54, 1.807) is 34.5 Å². The van der Waals surface area contributed by atoms with Crippen molar-refractivity contribution in [1.82, 2.24) is 5.32 Å². The Morgan fingerprint density at radius 3 is 2.19 bits per heavy atom. The highest BCUT2D eigenvalue weighted by molar-refractivity contribution is 9.10. The Morgan fingerprint density at radius 1 is 0.860 bits per heavy atom.